The lowest BCUT2D eigenvalue weighted by molar-refractivity contribution is -0.164. The van der Waals surface area contributed by atoms with Gasteiger partial charge in [0.1, 0.15) is 17.0 Å². The number of halogens is 1. The molecule has 0 bridgehead atoms. The number of anilines is 1. The number of hydrogen-bond acceptors (Lipinski definition) is 8. The van der Waals surface area contributed by atoms with Crippen LogP contribution in [0.2, 0.25) is 0 Å². The van der Waals surface area contributed by atoms with Gasteiger partial charge in [-0.05, 0) is 67.5 Å². The van der Waals surface area contributed by atoms with Crippen molar-refractivity contribution in [2.45, 2.75) is 56.4 Å². The van der Waals surface area contributed by atoms with Crippen LogP contribution in [-0.2, 0) is 23.9 Å². The fourth-order valence-corrected chi connectivity index (χ4v) is 7.07. The number of carbonyl (C=O) groups excluding carboxylic acids is 4. The number of carbonyl (C=O) groups is 4. The van der Waals surface area contributed by atoms with E-state index >= 15 is 0 Å². The first kappa shape index (κ1) is 32.8. The van der Waals surface area contributed by atoms with Crippen LogP contribution in [0.25, 0.3) is 0 Å². The number of fused-ring (bicyclic) bond motifs is 1. The van der Waals surface area contributed by atoms with Crippen LogP contribution in [0.1, 0.15) is 44.4 Å². The largest absolute Gasteiger partial charge is 0.503 e. The molecular weight excluding hydrogens is 637 g/mol. The quantitative estimate of drug-likeness (QED) is 0.189. The van der Waals surface area contributed by atoms with E-state index in [0.717, 1.165) is 17.2 Å². The van der Waals surface area contributed by atoms with Crippen molar-refractivity contribution in [2.75, 3.05) is 11.4 Å². The normalized spacial score (nSPS) is 21.5. The van der Waals surface area contributed by atoms with Crippen LogP contribution in [-0.4, -0.2) is 63.5 Å². The molecule has 3 aliphatic rings. The smallest absolute Gasteiger partial charge is 0.408 e. The van der Waals surface area contributed by atoms with Crippen LogP contribution in [0.5, 0.6) is 5.75 Å². The first-order valence-corrected chi connectivity index (χ1v) is 16.3. The average molecular weight is 672 g/mol. The van der Waals surface area contributed by atoms with E-state index in [4.69, 9.17) is 9.47 Å². The van der Waals surface area contributed by atoms with Crippen LogP contribution < -0.4 is 10.2 Å². The molecule has 3 amide bonds. The number of hydrogen-bond donors (Lipinski definition) is 2. The van der Waals surface area contributed by atoms with Gasteiger partial charge in [-0.3, -0.25) is 9.59 Å². The molecule has 3 heterocycles. The highest BCUT2D eigenvalue weighted by atomic mass is 32.2. The molecule has 0 saturated carbocycles. The van der Waals surface area contributed by atoms with E-state index in [1.165, 1.54) is 33.7 Å². The summed E-state index contributed by atoms with van der Waals surface area (Å²) in [6.07, 6.45) is 0.238. The van der Waals surface area contributed by atoms with Gasteiger partial charge >= 0.3 is 12.1 Å². The summed E-state index contributed by atoms with van der Waals surface area (Å²) in [7, 11) is 0. The number of benzene rings is 3. The lowest BCUT2D eigenvalue weighted by Crippen LogP contribution is -2.74. The van der Waals surface area contributed by atoms with Gasteiger partial charge in [-0.2, -0.15) is 0 Å². The van der Waals surface area contributed by atoms with Crippen molar-refractivity contribution in [2.24, 2.45) is 0 Å². The van der Waals surface area contributed by atoms with Crippen LogP contribution >= 0.6 is 11.8 Å². The minimum Gasteiger partial charge on any atom is -0.503 e. The molecule has 3 atom stereocenters. The second-order valence-corrected chi connectivity index (χ2v) is 13.5. The molecule has 0 aliphatic carbocycles. The Kier molecular flexibility index (Phi) is 9.02. The van der Waals surface area contributed by atoms with Gasteiger partial charge in [-0.25, -0.2) is 14.0 Å². The highest BCUT2D eigenvalue weighted by Gasteiger charge is 2.56. The van der Waals surface area contributed by atoms with Crippen LogP contribution in [0, 0.1) is 5.82 Å². The number of phenolic OH excluding ortho intramolecular Hbond substituents is 1. The highest BCUT2D eigenvalue weighted by molar-refractivity contribution is 8.03. The molecule has 0 unspecified atom stereocenters. The number of nitrogens with one attached hydrogen (secondary N) is 1. The minimum absolute atomic E-state index is 0.0361. The number of phenols is 1. The third-order valence-electron chi connectivity index (χ3n) is 8.07. The Labute approximate surface area is 281 Å². The molecule has 3 aliphatic heterocycles. The number of β-lactam (4-membered cyclic amide) rings is 1. The Balaban J connectivity index is 1.32. The van der Waals surface area contributed by atoms with Crippen LogP contribution in [0.4, 0.5) is 14.9 Å². The lowest BCUT2D eigenvalue weighted by Gasteiger charge is -2.51. The number of nitrogens with zero attached hydrogens (tertiary/aromatic N) is 2. The number of thioether (sulfide) groups is 1. The van der Waals surface area contributed by atoms with E-state index in [0.29, 0.717) is 11.1 Å². The van der Waals surface area contributed by atoms with E-state index in [2.05, 4.69) is 5.32 Å². The maximum atomic E-state index is 14.3. The second kappa shape index (κ2) is 13.2. The fourth-order valence-electron chi connectivity index (χ4n) is 5.87. The third-order valence-corrected chi connectivity index (χ3v) is 9.26. The number of amides is 3. The van der Waals surface area contributed by atoms with Crippen molar-refractivity contribution in [3.05, 3.63) is 118 Å². The van der Waals surface area contributed by atoms with Crippen molar-refractivity contribution in [3.63, 3.8) is 0 Å². The molecule has 0 spiro atoms. The summed E-state index contributed by atoms with van der Waals surface area (Å²) in [5.41, 5.74) is 1.35. The lowest BCUT2D eigenvalue weighted by atomic mass is 9.95. The summed E-state index contributed by atoms with van der Waals surface area (Å²) in [6.45, 7) is 5.31. The van der Waals surface area contributed by atoms with Crippen molar-refractivity contribution in [1.82, 2.24) is 10.2 Å². The molecule has 48 heavy (non-hydrogen) atoms. The molecule has 10 nitrogen and oxygen atoms in total. The standard InChI is InChI=1S/C36H34FN3O7S/c1-36(2,3)47-35(45)38-27-32(43)40-28(34(44)46-30(21-11-6-4-7-12-21)22-13-8-5-9-14-22)24(20-48-33(27)40)19-23-17-18-39(31(23)42)26-16-10-15-25(37)29(26)41/h4-16,19-20,27-28,30,33,41H,17-18H2,1-3H3,(H,38,45)/b23-19+/t27-,28-,33-/m1/s1. The average Bonchev–Trinajstić information content (AvgIpc) is 3.42. The monoisotopic (exact) mass is 671 g/mol. The fraction of sp³-hybridized carbons (Fsp3) is 0.278. The van der Waals surface area contributed by atoms with Gasteiger partial charge < -0.3 is 29.7 Å². The Bertz CT molecular complexity index is 1770. The van der Waals surface area contributed by atoms with E-state index in [1.807, 2.05) is 60.7 Å². The van der Waals surface area contributed by atoms with Crippen LogP contribution in [0.15, 0.2) is 101 Å². The van der Waals surface area contributed by atoms with E-state index < -0.39 is 64.6 Å². The topological polar surface area (TPSA) is 125 Å². The first-order chi connectivity index (χ1) is 22.9. The maximum Gasteiger partial charge on any atom is 0.408 e. The highest BCUT2D eigenvalue weighted by Crippen LogP contribution is 2.43. The molecule has 2 fully saturated rings. The molecule has 6 rings (SSSR count). The molecule has 0 radical (unpaired) electrons. The molecule has 0 aromatic heterocycles. The number of para-hydroxylation sites is 1. The SMILES string of the molecule is CC(C)(C)OC(=O)N[C@@H]1C(=O)N2[C@@H](C(=O)OC(c3ccccc3)c3ccccc3)C(/C=C3\CCN(c4cccc(F)c4O)C3=O)=CS[C@H]12. The number of rotatable bonds is 7. The predicted octanol–water partition coefficient (Wildman–Crippen LogP) is 5.59. The van der Waals surface area contributed by atoms with Crippen LogP contribution in [0.3, 0.4) is 0 Å². The third kappa shape index (κ3) is 6.52. The Hall–Kier alpha value is -5.10. The molecule has 3 aromatic carbocycles. The molecule has 2 N–H and O–H groups in total. The zero-order valence-electron chi connectivity index (χ0n) is 26.5. The second-order valence-electron chi connectivity index (χ2n) is 12.5. The Morgan fingerprint density at radius 1 is 1.00 bits per heavy atom. The summed E-state index contributed by atoms with van der Waals surface area (Å²) >= 11 is 1.22. The van der Waals surface area contributed by atoms with Gasteiger partial charge in [-0.15, -0.1) is 11.8 Å². The van der Waals surface area contributed by atoms with Gasteiger partial charge in [0.15, 0.2) is 23.7 Å². The number of esters is 1. The number of aromatic hydroxyl groups is 1. The summed E-state index contributed by atoms with van der Waals surface area (Å²) in [6, 6.07) is 20.2. The zero-order valence-corrected chi connectivity index (χ0v) is 27.3. The van der Waals surface area contributed by atoms with E-state index in [1.54, 1.807) is 32.3 Å². The molecular formula is C36H34FN3O7S. The molecule has 248 valence electrons. The van der Waals surface area contributed by atoms with Gasteiger partial charge in [0, 0.05) is 12.1 Å². The van der Waals surface area contributed by atoms with Gasteiger partial charge in [0.25, 0.3) is 5.91 Å². The minimum atomic E-state index is -1.24. The van der Waals surface area contributed by atoms with E-state index in [-0.39, 0.29) is 18.7 Å². The maximum absolute atomic E-state index is 14.3. The summed E-state index contributed by atoms with van der Waals surface area (Å²) in [5.74, 6) is -3.19. The van der Waals surface area contributed by atoms with Crippen molar-refractivity contribution < 1.29 is 38.1 Å². The summed E-state index contributed by atoms with van der Waals surface area (Å²) in [5, 5.41) is 13.9. The van der Waals surface area contributed by atoms with Crippen molar-refractivity contribution in [3.8, 4) is 5.75 Å². The molecule has 3 aromatic rings. The van der Waals surface area contributed by atoms with Gasteiger partial charge in [0.2, 0.25) is 5.91 Å². The van der Waals surface area contributed by atoms with Gasteiger partial charge in [0.05, 0.1) is 5.69 Å². The van der Waals surface area contributed by atoms with E-state index in [9.17, 15) is 28.7 Å². The summed E-state index contributed by atoms with van der Waals surface area (Å²) < 4.78 is 25.6. The Morgan fingerprint density at radius 2 is 1.65 bits per heavy atom. The molecule has 12 heteroatoms. The Morgan fingerprint density at radius 3 is 2.27 bits per heavy atom. The summed E-state index contributed by atoms with van der Waals surface area (Å²) in [4.78, 5) is 56.6. The number of alkyl carbamates (subject to hydrolysis) is 1. The van der Waals surface area contributed by atoms with Crippen molar-refractivity contribution in [1.29, 1.82) is 0 Å². The van der Waals surface area contributed by atoms with Crippen molar-refractivity contribution >= 4 is 41.3 Å². The number of ether oxygens (including phenoxy) is 2. The molecule has 2 saturated heterocycles. The first-order valence-electron chi connectivity index (χ1n) is 15.4. The van der Waals surface area contributed by atoms with Gasteiger partial charge in [-0.1, -0.05) is 66.7 Å². The zero-order chi connectivity index (χ0) is 34.2. The predicted molar refractivity (Wildman–Crippen MR) is 177 cm³/mol.